The number of aliphatic hydroxyl groups excluding tert-OH is 1. The Morgan fingerprint density at radius 3 is 2.64 bits per heavy atom. The topological polar surface area (TPSA) is 38.7 Å². The maximum atomic E-state index is 8.42. The normalized spacial score (nSPS) is 9.50. The molecule has 0 saturated carbocycles. The minimum atomic E-state index is -0.0186. The number of aliphatic hydroxyl groups is 1. The molecule has 14 heavy (non-hydrogen) atoms. The molecule has 0 unspecified atom stereocenters. The molecule has 0 amide bonds. The summed E-state index contributed by atoms with van der Waals surface area (Å²) in [6.45, 7) is 3.87. The van der Waals surface area contributed by atoms with Crippen LogP contribution in [0.2, 0.25) is 0 Å². The number of hydrogen-bond acceptors (Lipinski definition) is 3. The van der Waals surface area contributed by atoms with Crippen LogP contribution in [0.1, 0.15) is 5.56 Å². The summed E-state index contributed by atoms with van der Waals surface area (Å²) in [7, 11) is 1.21. The third kappa shape index (κ3) is 3.64. The van der Waals surface area contributed by atoms with E-state index >= 15 is 0 Å². The minimum absolute atomic E-state index is 0.0186. The van der Waals surface area contributed by atoms with Gasteiger partial charge in [-0.3, -0.25) is 0 Å². The molecule has 0 heterocycles. The summed E-state index contributed by atoms with van der Waals surface area (Å²) in [6.07, 6.45) is 1.76. The van der Waals surface area contributed by atoms with Crippen LogP contribution in [0.3, 0.4) is 0 Å². The quantitative estimate of drug-likeness (QED) is 0.543. The largest absolute Gasteiger partial charge is 0.572 e. The Balaban J connectivity index is 2.32. The van der Waals surface area contributed by atoms with Crippen molar-refractivity contribution in [1.82, 2.24) is 0 Å². The van der Waals surface area contributed by atoms with Gasteiger partial charge in [-0.15, -0.1) is 0 Å². The maximum absolute atomic E-state index is 8.42. The van der Waals surface area contributed by atoms with E-state index in [1.807, 2.05) is 24.3 Å². The van der Waals surface area contributed by atoms with Crippen LogP contribution in [0.5, 0.6) is 5.75 Å². The summed E-state index contributed by atoms with van der Waals surface area (Å²) in [6, 6.07) is 7.41. The first-order chi connectivity index (χ1) is 6.86. The predicted molar refractivity (Wildman–Crippen MR) is 56.0 cm³/mol. The van der Waals surface area contributed by atoms with Crippen molar-refractivity contribution in [3.8, 4) is 5.75 Å². The van der Waals surface area contributed by atoms with E-state index in [1.54, 1.807) is 6.08 Å². The molecule has 1 rings (SSSR count). The SMILES string of the molecule is C=Cc1ccc(O[B]OCCO)cc1. The van der Waals surface area contributed by atoms with E-state index in [1.165, 1.54) is 7.69 Å². The number of benzene rings is 1. The van der Waals surface area contributed by atoms with Gasteiger partial charge >= 0.3 is 7.69 Å². The minimum Gasteiger partial charge on any atom is -0.537 e. The molecule has 73 valence electrons. The van der Waals surface area contributed by atoms with E-state index < -0.39 is 0 Å². The lowest BCUT2D eigenvalue weighted by Gasteiger charge is -2.04. The molecule has 0 bridgehead atoms. The second kappa shape index (κ2) is 6.24. The molecule has 1 N–H and O–H groups in total. The molecule has 0 aromatic heterocycles. The van der Waals surface area contributed by atoms with Gasteiger partial charge in [0.2, 0.25) is 0 Å². The summed E-state index contributed by atoms with van der Waals surface area (Å²) in [5.41, 5.74) is 1.04. The second-order valence-corrected chi connectivity index (χ2v) is 2.58. The molecule has 0 fully saturated rings. The standard InChI is InChI=1S/C10H12BO3/c1-2-9-3-5-10(6-4-9)14-11-13-8-7-12/h2-6,12H,1,7-8H2. The predicted octanol–water partition coefficient (Wildman–Crippen LogP) is 1.25. The van der Waals surface area contributed by atoms with E-state index in [-0.39, 0.29) is 13.2 Å². The fourth-order valence-electron chi connectivity index (χ4n) is 0.873. The third-order valence-corrected chi connectivity index (χ3v) is 1.58. The van der Waals surface area contributed by atoms with Gasteiger partial charge < -0.3 is 14.4 Å². The molecule has 1 aromatic carbocycles. The Labute approximate surface area is 84.3 Å². The van der Waals surface area contributed by atoms with Crippen LogP contribution in [-0.4, -0.2) is 26.0 Å². The van der Waals surface area contributed by atoms with Crippen molar-refractivity contribution in [3.63, 3.8) is 0 Å². The Morgan fingerprint density at radius 2 is 2.07 bits per heavy atom. The van der Waals surface area contributed by atoms with Gasteiger partial charge in [-0.05, 0) is 17.7 Å². The lowest BCUT2D eigenvalue weighted by Crippen LogP contribution is -2.10. The Morgan fingerprint density at radius 1 is 1.36 bits per heavy atom. The van der Waals surface area contributed by atoms with Crippen molar-refractivity contribution in [2.75, 3.05) is 13.2 Å². The molecule has 0 aliphatic rings. The van der Waals surface area contributed by atoms with Crippen LogP contribution >= 0.6 is 0 Å². The molecule has 1 aromatic rings. The number of rotatable bonds is 6. The summed E-state index contributed by atoms with van der Waals surface area (Å²) >= 11 is 0. The molecule has 0 aliphatic heterocycles. The van der Waals surface area contributed by atoms with Crippen LogP contribution in [0.25, 0.3) is 6.08 Å². The Hall–Kier alpha value is -1.26. The first-order valence-electron chi connectivity index (χ1n) is 4.30. The van der Waals surface area contributed by atoms with Crippen molar-refractivity contribution >= 4 is 13.8 Å². The monoisotopic (exact) mass is 191 g/mol. The highest BCUT2D eigenvalue weighted by molar-refractivity contribution is 6.19. The zero-order chi connectivity index (χ0) is 10.2. The van der Waals surface area contributed by atoms with Crippen LogP contribution < -0.4 is 4.65 Å². The lowest BCUT2D eigenvalue weighted by molar-refractivity contribution is 0.192. The van der Waals surface area contributed by atoms with Crippen LogP contribution in [0.4, 0.5) is 0 Å². The van der Waals surface area contributed by atoms with Gasteiger partial charge in [0.1, 0.15) is 5.75 Å². The zero-order valence-corrected chi connectivity index (χ0v) is 7.85. The van der Waals surface area contributed by atoms with Crippen molar-refractivity contribution in [3.05, 3.63) is 36.4 Å². The molecule has 0 saturated heterocycles. The summed E-state index contributed by atoms with van der Waals surface area (Å²) in [4.78, 5) is 0. The van der Waals surface area contributed by atoms with Crippen molar-refractivity contribution in [1.29, 1.82) is 0 Å². The van der Waals surface area contributed by atoms with Gasteiger partial charge in [0.25, 0.3) is 0 Å². The van der Waals surface area contributed by atoms with Gasteiger partial charge in [-0.2, -0.15) is 0 Å². The van der Waals surface area contributed by atoms with E-state index in [0.29, 0.717) is 5.75 Å². The maximum Gasteiger partial charge on any atom is 0.572 e. The molecular weight excluding hydrogens is 179 g/mol. The molecule has 0 aliphatic carbocycles. The van der Waals surface area contributed by atoms with Crippen LogP contribution in [0.15, 0.2) is 30.8 Å². The molecular formula is C10H12BO3. The van der Waals surface area contributed by atoms with Crippen LogP contribution in [-0.2, 0) is 4.65 Å². The highest BCUT2D eigenvalue weighted by Gasteiger charge is 1.97. The molecule has 0 atom stereocenters. The van der Waals surface area contributed by atoms with Crippen LogP contribution in [0, 0.1) is 0 Å². The van der Waals surface area contributed by atoms with Gasteiger partial charge in [0.15, 0.2) is 0 Å². The van der Waals surface area contributed by atoms with E-state index in [0.717, 1.165) is 5.56 Å². The fourth-order valence-corrected chi connectivity index (χ4v) is 0.873. The van der Waals surface area contributed by atoms with E-state index in [2.05, 4.69) is 6.58 Å². The first kappa shape index (κ1) is 10.8. The molecule has 1 radical (unpaired) electrons. The summed E-state index contributed by atoms with van der Waals surface area (Å²) in [5.74, 6) is 0.688. The third-order valence-electron chi connectivity index (χ3n) is 1.58. The molecule has 0 spiro atoms. The van der Waals surface area contributed by atoms with Gasteiger partial charge in [-0.1, -0.05) is 24.8 Å². The van der Waals surface area contributed by atoms with Crippen molar-refractivity contribution in [2.45, 2.75) is 0 Å². The average Bonchev–Trinajstić information content (AvgIpc) is 2.25. The van der Waals surface area contributed by atoms with E-state index in [9.17, 15) is 0 Å². The lowest BCUT2D eigenvalue weighted by atomic mass is 10.2. The highest BCUT2D eigenvalue weighted by Crippen LogP contribution is 2.11. The van der Waals surface area contributed by atoms with Gasteiger partial charge in [0, 0.05) is 0 Å². The zero-order valence-electron chi connectivity index (χ0n) is 7.85. The average molecular weight is 191 g/mol. The summed E-state index contributed by atoms with van der Waals surface area (Å²) < 4.78 is 9.94. The first-order valence-corrected chi connectivity index (χ1v) is 4.30. The fraction of sp³-hybridized carbons (Fsp3) is 0.200. The Bertz CT molecular complexity index is 271. The van der Waals surface area contributed by atoms with Crippen molar-refractivity contribution < 1.29 is 14.4 Å². The van der Waals surface area contributed by atoms with E-state index in [4.69, 9.17) is 14.4 Å². The molecule has 4 heteroatoms. The molecule has 3 nitrogen and oxygen atoms in total. The van der Waals surface area contributed by atoms with Gasteiger partial charge in [0.05, 0.1) is 13.2 Å². The van der Waals surface area contributed by atoms with Crippen molar-refractivity contribution in [2.24, 2.45) is 0 Å². The second-order valence-electron chi connectivity index (χ2n) is 2.58. The number of hydrogen-bond donors (Lipinski definition) is 1. The van der Waals surface area contributed by atoms with Gasteiger partial charge in [-0.25, -0.2) is 0 Å². The highest BCUT2D eigenvalue weighted by atomic mass is 16.6. The summed E-state index contributed by atoms with van der Waals surface area (Å²) in [5, 5.41) is 8.42. The Kier molecular flexibility index (Phi) is 4.82. The smallest absolute Gasteiger partial charge is 0.537 e.